The molecule has 0 spiro atoms. The zero-order valence-corrected chi connectivity index (χ0v) is 18.4. The summed E-state index contributed by atoms with van der Waals surface area (Å²) >= 11 is 1.73. The van der Waals surface area contributed by atoms with Gasteiger partial charge in [0.1, 0.15) is 5.75 Å². The van der Waals surface area contributed by atoms with Crippen molar-refractivity contribution in [3.8, 4) is 17.1 Å². The van der Waals surface area contributed by atoms with Crippen LogP contribution in [0.15, 0.2) is 53.7 Å². The molecule has 0 aliphatic rings. The number of hydrogen-bond acceptors (Lipinski definition) is 4. The second-order valence-electron chi connectivity index (χ2n) is 8.23. The van der Waals surface area contributed by atoms with Crippen LogP contribution in [0.25, 0.3) is 11.4 Å². The van der Waals surface area contributed by atoms with E-state index in [2.05, 4.69) is 73.6 Å². The van der Waals surface area contributed by atoms with Gasteiger partial charge in [0.15, 0.2) is 11.0 Å². The maximum atomic E-state index is 5.26. The molecule has 0 N–H and O–H groups in total. The lowest BCUT2D eigenvalue weighted by molar-refractivity contribution is 0.415. The van der Waals surface area contributed by atoms with Gasteiger partial charge < -0.3 is 4.74 Å². The van der Waals surface area contributed by atoms with E-state index < -0.39 is 0 Å². The molecule has 0 atom stereocenters. The fraction of sp³-hybridized carbons (Fsp3) is 0.391. The van der Waals surface area contributed by atoms with Crippen LogP contribution in [0.1, 0.15) is 51.8 Å². The van der Waals surface area contributed by atoms with E-state index >= 15 is 0 Å². The van der Waals surface area contributed by atoms with E-state index in [9.17, 15) is 0 Å². The van der Waals surface area contributed by atoms with Crippen LogP contribution < -0.4 is 4.74 Å². The highest BCUT2D eigenvalue weighted by Crippen LogP contribution is 2.31. The lowest BCUT2D eigenvalue weighted by Crippen LogP contribution is -2.10. The van der Waals surface area contributed by atoms with Crippen LogP contribution in [0, 0.1) is 0 Å². The fourth-order valence-electron chi connectivity index (χ4n) is 3.03. The van der Waals surface area contributed by atoms with Gasteiger partial charge in [-0.3, -0.25) is 4.57 Å². The number of hydrogen-bond donors (Lipinski definition) is 0. The van der Waals surface area contributed by atoms with E-state index in [1.54, 1.807) is 18.9 Å². The average Bonchev–Trinajstić information content (AvgIpc) is 3.10. The number of rotatable bonds is 6. The molecule has 3 rings (SSSR count). The van der Waals surface area contributed by atoms with Gasteiger partial charge in [0.05, 0.1) is 7.11 Å². The monoisotopic (exact) mass is 395 g/mol. The molecule has 5 heteroatoms. The predicted octanol–water partition coefficient (Wildman–Crippen LogP) is 6.12. The number of methoxy groups -OCH3 is 1. The zero-order chi connectivity index (χ0) is 20.3. The van der Waals surface area contributed by atoms with E-state index in [-0.39, 0.29) is 11.5 Å². The summed E-state index contributed by atoms with van der Waals surface area (Å²) in [6, 6.07) is 17.1. The van der Waals surface area contributed by atoms with Crippen LogP contribution in [-0.4, -0.2) is 21.9 Å². The minimum Gasteiger partial charge on any atom is -0.497 e. The first-order valence-electron chi connectivity index (χ1n) is 9.61. The standard InChI is InChI=1S/C23H29N3OS/c1-16(2)26-21(18-9-13-20(27-6)14-10-18)24-25-22(26)28-15-17-7-11-19(12-8-17)23(3,4)5/h7-14,16H,15H2,1-6H3. The summed E-state index contributed by atoms with van der Waals surface area (Å²) in [6.07, 6.45) is 0. The van der Waals surface area contributed by atoms with Gasteiger partial charge in [-0.05, 0) is 54.7 Å². The van der Waals surface area contributed by atoms with Crippen LogP contribution in [0.2, 0.25) is 0 Å². The van der Waals surface area contributed by atoms with Gasteiger partial charge in [0.2, 0.25) is 0 Å². The van der Waals surface area contributed by atoms with E-state index in [1.807, 2.05) is 24.3 Å². The van der Waals surface area contributed by atoms with Crippen LogP contribution in [-0.2, 0) is 11.2 Å². The van der Waals surface area contributed by atoms with Crippen molar-refractivity contribution in [1.29, 1.82) is 0 Å². The van der Waals surface area contributed by atoms with E-state index in [0.717, 1.165) is 28.0 Å². The van der Waals surface area contributed by atoms with Gasteiger partial charge >= 0.3 is 0 Å². The molecule has 3 aromatic rings. The highest BCUT2D eigenvalue weighted by Gasteiger charge is 2.17. The maximum absolute atomic E-state index is 5.26. The Balaban J connectivity index is 1.79. The molecular formula is C23H29N3OS. The number of thioether (sulfide) groups is 1. The van der Waals surface area contributed by atoms with Crippen molar-refractivity contribution in [2.75, 3.05) is 7.11 Å². The molecular weight excluding hydrogens is 366 g/mol. The highest BCUT2D eigenvalue weighted by atomic mass is 32.2. The molecule has 1 heterocycles. The Kier molecular flexibility index (Phi) is 6.14. The SMILES string of the molecule is COc1ccc(-c2nnc(SCc3ccc(C(C)(C)C)cc3)n2C(C)C)cc1. The molecule has 0 unspecified atom stereocenters. The summed E-state index contributed by atoms with van der Waals surface area (Å²) in [5.74, 6) is 2.61. The van der Waals surface area contributed by atoms with Crippen molar-refractivity contribution < 1.29 is 4.74 Å². The third-order valence-electron chi connectivity index (χ3n) is 4.72. The molecule has 0 amide bonds. The second-order valence-corrected chi connectivity index (χ2v) is 9.18. The van der Waals surface area contributed by atoms with Gasteiger partial charge in [0, 0.05) is 17.4 Å². The number of benzene rings is 2. The number of nitrogens with zero attached hydrogens (tertiary/aromatic N) is 3. The molecule has 0 saturated carbocycles. The summed E-state index contributed by atoms with van der Waals surface area (Å²) in [7, 11) is 1.67. The Morgan fingerprint density at radius 1 is 0.964 bits per heavy atom. The first-order chi connectivity index (χ1) is 13.3. The van der Waals surface area contributed by atoms with Crippen molar-refractivity contribution in [3.05, 3.63) is 59.7 Å². The Morgan fingerprint density at radius 2 is 1.61 bits per heavy atom. The molecule has 4 nitrogen and oxygen atoms in total. The van der Waals surface area contributed by atoms with E-state index in [4.69, 9.17) is 4.74 Å². The first kappa shape index (κ1) is 20.5. The second kappa shape index (κ2) is 8.39. The summed E-state index contributed by atoms with van der Waals surface area (Å²) in [5, 5.41) is 9.89. The summed E-state index contributed by atoms with van der Waals surface area (Å²) < 4.78 is 7.46. The lowest BCUT2D eigenvalue weighted by Gasteiger charge is -2.19. The molecule has 1 aromatic heterocycles. The average molecular weight is 396 g/mol. The fourth-order valence-corrected chi connectivity index (χ4v) is 4.05. The molecule has 28 heavy (non-hydrogen) atoms. The van der Waals surface area contributed by atoms with Crippen LogP contribution >= 0.6 is 11.8 Å². The molecule has 148 valence electrons. The van der Waals surface area contributed by atoms with Crippen molar-refractivity contribution in [2.45, 2.75) is 57.0 Å². The minimum atomic E-state index is 0.177. The van der Waals surface area contributed by atoms with Gasteiger partial charge in [0.25, 0.3) is 0 Å². The minimum absolute atomic E-state index is 0.177. The summed E-state index contributed by atoms with van der Waals surface area (Å²) in [4.78, 5) is 0. The summed E-state index contributed by atoms with van der Waals surface area (Å²) in [5.41, 5.74) is 3.87. The Bertz CT molecular complexity index is 907. The number of aromatic nitrogens is 3. The van der Waals surface area contributed by atoms with Crippen LogP contribution in [0.4, 0.5) is 0 Å². The lowest BCUT2D eigenvalue weighted by atomic mass is 9.87. The first-order valence-corrected chi connectivity index (χ1v) is 10.6. The third kappa shape index (κ3) is 4.58. The summed E-state index contributed by atoms with van der Waals surface area (Å²) in [6.45, 7) is 11.0. The van der Waals surface area contributed by atoms with Gasteiger partial charge in [-0.25, -0.2) is 0 Å². The van der Waals surface area contributed by atoms with Crippen molar-refractivity contribution >= 4 is 11.8 Å². The molecule has 0 aliphatic heterocycles. The number of ether oxygens (including phenoxy) is 1. The topological polar surface area (TPSA) is 39.9 Å². The Hall–Kier alpha value is -2.27. The van der Waals surface area contributed by atoms with Crippen LogP contribution in [0.3, 0.4) is 0 Å². The quantitative estimate of drug-likeness (QED) is 0.471. The van der Waals surface area contributed by atoms with Gasteiger partial charge in [-0.15, -0.1) is 10.2 Å². The van der Waals surface area contributed by atoms with Crippen molar-refractivity contribution in [1.82, 2.24) is 14.8 Å². The molecule has 0 saturated heterocycles. The molecule has 2 aromatic carbocycles. The van der Waals surface area contributed by atoms with Crippen molar-refractivity contribution in [2.24, 2.45) is 0 Å². The van der Waals surface area contributed by atoms with Crippen molar-refractivity contribution in [3.63, 3.8) is 0 Å². The molecule has 0 aliphatic carbocycles. The highest BCUT2D eigenvalue weighted by molar-refractivity contribution is 7.98. The smallest absolute Gasteiger partial charge is 0.192 e. The van der Waals surface area contributed by atoms with E-state index in [0.29, 0.717) is 0 Å². The Labute approximate surface area is 172 Å². The largest absolute Gasteiger partial charge is 0.497 e. The van der Waals surface area contributed by atoms with Gasteiger partial charge in [-0.2, -0.15) is 0 Å². The molecule has 0 bridgehead atoms. The maximum Gasteiger partial charge on any atom is 0.192 e. The molecule has 0 radical (unpaired) electrons. The predicted molar refractivity (Wildman–Crippen MR) is 117 cm³/mol. The van der Waals surface area contributed by atoms with Crippen LogP contribution in [0.5, 0.6) is 5.75 Å². The normalized spacial score (nSPS) is 11.8. The molecule has 0 fully saturated rings. The third-order valence-corrected chi connectivity index (χ3v) is 5.73. The van der Waals surface area contributed by atoms with E-state index in [1.165, 1.54) is 11.1 Å². The van der Waals surface area contributed by atoms with Gasteiger partial charge in [-0.1, -0.05) is 56.8 Å². The Morgan fingerprint density at radius 3 is 2.14 bits per heavy atom. The zero-order valence-electron chi connectivity index (χ0n) is 17.6.